The fraction of sp³-hybridized carbons (Fsp3) is 0.385. The molecule has 1 rings (SSSR count). The van der Waals surface area contributed by atoms with E-state index in [0.29, 0.717) is 19.3 Å². The van der Waals surface area contributed by atoms with Crippen molar-refractivity contribution < 1.29 is 24.0 Å². The molecular weight excluding hydrogens is 283 g/mol. The number of carbonyl (C=O) groups excluding carboxylic acids is 1. The van der Waals surface area contributed by atoms with Crippen molar-refractivity contribution in [3.63, 3.8) is 0 Å². The Hall–Kier alpha value is -2.51. The Morgan fingerprint density at radius 1 is 1.29 bits per heavy atom. The van der Waals surface area contributed by atoms with E-state index in [1.165, 1.54) is 0 Å². The van der Waals surface area contributed by atoms with Crippen LogP contribution >= 0.6 is 0 Å². The van der Waals surface area contributed by atoms with Gasteiger partial charge in [-0.1, -0.05) is 6.42 Å². The predicted octanol–water partition coefficient (Wildman–Crippen LogP) is 2.11. The molecule has 1 aromatic rings. The van der Waals surface area contributed by atoms with E-state index in [-0.39, 0.29) is 18.5 Å². The second-order valence-corrected chi connectivity index (χ2v) is 4.38. The maximum atomic E-state index is 13.1. The highest BCUT2D eigenvalue weighted by molar-refractivity contribution is 5.98. The number of nitrogens with zero attached hydrogens (tertiary/aromatic N) is 1. The number of carboxylic acid groups (broad SMARTS) is 1. The number of rotatable bonds is 8. The van der Waals surface area contributed by atoms with Gasteiger partial charge >= 0.3 is 5.97 Å². The number of amides is 1. The maximum absolute atomic E-state index is 13.1. The first-order valence-electron chi connectivity index (χ1n) is 6.35. The molecule has 0 saturated heterocycles. The zero-order chi connectivity index (χ0) is 15.8. The molecule has 114 valence electrons. The molecule has 7 nitrogen and oxygen atoms in total. The minimum absolute atomic E-state index is 0.0588. The molecule has 0 radical (unpaired) electrons. The molecule has 0 spiro atoms. The number of unbranched alkanes of at least 4 members (excludes halogenated alkanes) is 2. The van der Waals surface area contributed by atoms with Gasteiger partial charge in [0, 0.05) is 19.0 Å². The van der Waals surface area contributed by atoms with Crippen molar-refractivity contribution in [2.24, 2.45) is 0 Å². The number of carboxylic acids is 1. The van der Waals surface area contributed by atoms with E-state index >= 15 is 0 Å². The molecule has 0 bridgehead atoms. The van der Waals surface area contributed by atoms with Crippen LogP contribution in [-0.4, -0.2) is 28.5 Å². The van der Waals surface area contributed by atoms with Gasteiger partial charge in [0.15, 0.2) is 0 Å². The number of aliphatic carboxylic acids is 1. The molecule has 2 N–H and O–H groups in total. The monoisotopic (exact) mass is 298 g/mol. The van der Waals surface area contributed by atoms with Gasteiger partial charge in [-0.15, -0.1) is 0 Å². The fourth-order valence-electron chi connectivity index (χ4n) is 1.72. The minimum atomic E-state index is -0.880. The summed E-state index contributed by atoms with van der Waals surface area (Å²) in [5.41, 5.74) is -0.787. The molecule has 1 aromatic carbocycles. The SMILES string of the molecule is O=C(O)CCCCCNC(=O)c1cc(F)ccc1[N+](=O)[O-]. The first-order chi connectivity index (χ1) is 9.91. The topological polar surface area (TPSA) is 110 Å². The molecule has 0 aromatic heterocycles. The quantitative estimate of drug-likeness (QED) is 0.434. The van der Waals surface area contributed by atoms with Crippen molar-refractivity contribution in [3.05, 3.63) is 39.7 Å². The molecule has 0 saturated carbocycles. The zero-order valence-corrected chi connectivity index (χ0v) is 11.2. The third-order valence-electron chi connectivity index (χ3n) is 2.75. The molecular formula is C13H15FN2O5. The summed E-state index contributed by atoms with van der Waals surface area (Å²) in [6, 6.07) is 2.68. The van der Waals surface area contributed by atoms with Crippen molar-refractivity contribution in [2.75, 3.05) is 6.54 Å². The molecule has 0 heterocycles. The Kier molecular flexibility index (Phi) is 6.25. The summed E-state index contributed by atoms with van der Waals surface area (Å²) in [6.07, 6.45) is 1.70. The highest BCUT2D eigenvalue weighted by atomic mass is 19.1. The van der Waals surface area contributed by atoms with Crippen molar-refractivity contribution in [3.8, 4) is 0 Å². The summed E-state index contributed by atoms with van der Waals surface area (Å²) in [6.45, 7) is 0.242. The van der Waals surface area contributed by atoms with Crippen molar-refractivity contribution >= 4 is 17.6 Å². The van der Waals surface area contributed by atoms with Gasteiger partial charge in [0.05, 0.1) is 4.92 Å². The fourth-order valence-corrected chi connectivity index (χ4v) is 1.72. The van der Waals surface area contributed by atoms with Crippen molar-refractivity contribution in [1.82, 2.24) is 5.32 Å². The Balaban J connectivity index is 2.50. The van der Waals surface area contributed by atoms with E-state index in [0.717, 1.165) is 18.2 Å². The second kappa shape index (κ2) is 7.93. The largest absolute Gasteiger partial charge is 0.481 e. The number of nitro groups is 1. The Bertz CT molecular complexity index is 547. The number of benzene rings is 1. The van der Waals surface area contributed by atoms with Crippen LogP contribution in [0.5, 0.6) is 0 Å². The Morgan fingerprint density at radius 3 is 2.62 bits per heavy atom. The molecule has 1 amide bonds. The Morgan fingerprint density at radius 2 is 2.00 bits per heavy atom. The maximum Gasteiger partial charge on any atom is 0.303 e. The Labute approximate surface area is 119 Å². The lowest BCUT2D eigenvalue weighted by atomic mass is 10.1. The van der Waals surface area contributed by atoms with Gasteiger partial charge in [0.1, 0.15) is 11.4 Å². The second-order valence-electron chi connectivity index (χ2n) is 4.38. The minimum Gasteiger partial charge on any atom is -0.481 e. The molecule has 0 aliphatic heterocycles. The van der Waals surface area contributed by atoms with Gasteiger partial charge < -0.3 is 10.4 Å². The van der Waals surface area contributed by atoms with Gasteiger partial charge in [-0.2, -0.15) is 0 Å². The van der Waals surface area contributed by atoms with Gasteiger partial charge in [0.2, 0.25) is 0 Å². The van der Waals surface area contributed by atoms with E-state index in [4.69, 9.17) is 5.11 Å². The van der Waals surface area contributed by atoms with Crippen molar-refractivity contribution in [1.29, 1.82) is 0 Å². The molecule has 21 heavy (non-hydrogen) atoms. The van der Waals surface area contributed by atoms with Gasteiger partial charge in [-0.25, -0.2) is 4.39 Å². The van der Waals surface area contributed by atoms with Gasteiger partial charge in [-0.3, -0.25) is 19.7 Å². The summed E-state index contributed by atoms with van der Waals surface area (Å²) < 4.78 is 13.1. The van der Waals surface area contributed by atoms with E-state index < -0.39 is 28.3 Å². The lowest BCUT2D eigenvalue weighted by molar-refractivity contribution is -0.385. The first-order valence-corrected chi connectivity index (χ1v) is 6.35. The summed E-state index contributed by atoms with van der Waals surface area (Å²) in [5.74, 6) is -2.33. The van der Waals surface area contributed by atoms with Crippen LogP contribution in [0.1, 0.15) is 36.0 Å². The zero-order valence-electron chi connectivity index (χ0n) is 11.2. The van der Waals surface area contributed by atoms with Gasteiger partial charge in [-0.05, 0) is 25.0 Å². The molecule has 0 atom stereocenters. The lowest BCUT2D eigenvalue weighted by Gasteiger charge is -2.05. The summed E-state index contributed by atoms with van der Waals surface area (Å²) >= 11 is 0. The molecule has 0 fully saturated rings. The van der Waals surface area contributed by atoms with Crippen LogP contribution in [0.25, 0.3) is 0 Å². The van der Waals surface area contributed by atoms with Crippen LogP contribution in [0, 0.1) is 15.9 Å². The number of hydrogen-bond donors (Lipinski definition) is 2. The molecule has 0 unspecified atom stereocenters. The number of nitrogens with one attached hydrogen (secondary N) is 1. The van der Waals surface area contributed by atoms with E-state index in [1.54, 1.807) is 0 Å². The van der Waals surface area contributed by atoms with Crippen molar-refractivity contribution in [2.45, 2.75) is 25.7 Å². The number of nitro benzene ring substituents is 1. The van der Waals surface area contributed by atoms with Crippen LogP contribution in [0.3, 0.4) is 0 Å². The lowest BCUT2D eigenvalue weighted by Crippen LogP contribution is -2.25. The van der Waals surface area contributed by atoms with Crippen LogP contribution in [-0.2, 0) is 4.79 Å². The normalized spacial score (nSPS) is 10.1. The molecule has 0 aliphatic rings. The van der Waals surface area contributed by atoms with Crippen LogP contribution in [0.4, 0.5) is 10.1 Å². The van der Waals surface area contributed by atoms with E-state index in [1.807, 2.05) is 0 Å². The average molecular weight is 298 g/mol. The molecule has 8 heteroatoms. The summed E-state index contributed by atoms with van der Waals surface area (Å²) in [5, 5.41) is 21.7. The van der Waals surface area contributed by atoms with Gasteiger partial charge in [0.25, 0.3) is 11.6 Å². The number of carbonyl (C=O) groups is 2. The highest BCUT2D eigenvalue weighted by Crippen LogP contribution is 2.19. The predicted molar refractivity (Wildman–Crippen MR) is 71.5 cm³/mol. The molecule has 0 aliphatic carbocycles. The van der Waals surface area contributed by atoms with E-state index in [2.05, 4.69) is 5.32 Å². The first kappa shape index (κ1) is 16.5. The number of halogens is 1. The van der Waals surface area contributed by atoms with Crippen LogP contribution < -0.4 is 5.32 Å². The third kappa shape index (κ3) is 5.55. The highest BCUT2D eigenvalue weighted by Gasteiger charge is 2.20. The summed E-state index contributed by atoms with van der Waals surface area (Å²) in [7, 11) is 0. The standard InChI is InChI=1S/C13H15FN2O5/c14-9-5-6-11(16(20)21)10(8-9)13(19)15-7-3-1-2-4-12(17)18/h5-6,8H,1-4,7H2,(H,15,19)(H,17,18). The smallest absolute Gasteiger partial charge is 0.303 e. The third-order valence-corrected chi connectivity index (χ3v) is 2.75. The van der Waals surface area contributed by atoms with Crippen LogP contribution in [0.2, 0.25) is 0 Å². The average Bonchev–Trinajstić information content (AvgIpc) is 2.41. The van der Waals surface area contributed by atoms with E-state index in [9.17, 15) is 24.1 Å². The number of hydrogen-bond acceptors (Lipinski definition) is 4. The van der Waals surface area contributed by atoms with Crippen LogP contribution in [0.15, 0.2) is 18.2 Å². The summed E-state index contributed by atoms with van der Waals surface area (Å²) in [4.78, 5) is 32.1.